The minimum absolute atomic E-state index is 0.104. The molecule has 0 fully saturated rings. The summed E-state index contributed by atoms with van der Waals surface area (Å²) < 4.78 is 0. The highest BCUT2D eigenvalue weighted by atomic mass is 32.1. The molecule has 0 unspecified atom stereocenters. The third kappa shape index (κ3) is 4.56. The maximum atomic E-state index is 11.1. The first-order valence-corrected chi connectivity index (χ1v) is 7.38. The predicted octanol–water partition coefficient (Wildman–Crippen LogP) is 4.07. The zero-order valence-electron chi connectivity index (χ0n) is 12.9. The van der Waals surface area contributed by atoms with Crippen LogP contribution in [0.15, 0.2) is 42.5 Å². The quantitative estimate of drug-likeness (QED) is 0.748. The lowest BCUT2D eigenvalue weighted by atomic mass is 10.1. The molecule has 0 aliphatic rings. The zero-order valence-corrected chi connectivity index (χ0v) is 13.7. The summed E-state index contributed by atoms with van der Waals surface area (Å²) in [6.07, 6.45) is 0. The fourth-order valence-electron chi connectivity index (χ4n) is 2.12. The summed E-state index contributed by atoms with van der Waals surface area (Å²) >= 11 is 5.33. The third-order valence-corrected chi connectivity index (χ3v) is 3.28. The molecule has 1 amide bonds. The van der Waals surface area contributed by atoms with Crippen molar-refractivity contribution in [3.8, 4) is 0 Å². The van der Waals surface area contributed by atoms with E-state index in [0.717, 1.165) is 22.6 Å². The number of thiocarbonyl (C=S) groups is 1. The van der Waals surface area contributed by atoms with Gasteiger partial charge in [-0.25, -0.2) is 0 Å². The Morgan fingerprint density at radius 1 is 0.955 bits per heavy atom. The van der Waals surface area contributed by atoms with Gasteiger partial charge < -0.3 is 16.0 Å². The number of benzene rings is 2. The van der Waals surface area contributed by atoms with Gasteiger partial charge in [0.1, 0.15) is 0 Å². The number of amides is 1. The minimum Gasteiger partial charge on any atom is -0.332 e. The van der Waals surface area contributed by atoms with E-state index in [2.05, 4.69) is 28.9 Å². The van der Waals surface area contributed by atoms with Gasteiger partial charge in [0.05, 0.1) is 0 Å². The molecule has 0 aromatic heterocycles. The normalized spacial score (nSPS) is 9.95. The molecule has 0 radical (unpaired) electrons. The van der Waals surface area contributed by atoms with Crippen LogP contribution in [0.5, 0.6) is 0 Å². The number of aryl methyl sites for hydroxylation is 2. The lowest BCUT2D eigenvalue weighted by molar-refractivity contribution is -0.114. The molecule has 0 bridgehead atoms. The number of hydrogen-bond donors (Lipinski definition) is 3. The SMILES string of the molecule is CC(=O)Nc1cccc(NC(=S)Nc2ccc(C)cc2C)c1. The summed E-state index contributed by atoms with van der Waals surface area (Å²) in [6, 6.07) is 13.5. The van der Waals surface area contributed by atoms with E-state index in [1.807, 2.05) is 43.3 Å². The number of anilines is 3. The first kappa shape index (κ1) is 16.0. The molecule has 2 aromatic rings. The Labute approximate surface area is 135 Å². The van der Waals surface area contributed by atoms with Crippen molar-refractivity contribution in [1.29, 1.82) is 0 Å². The van der Waals surface area contributed by atoms with Crippen molar-refractivity contribution in [2.75, 3.05) is 16.0 Å². The van der Waals surface area contributed by atoms with Crippen LogP contribution in [0.2, 0.25) is 0 Å². The second-order valence-corrected chi connectivity index (χ2v) is 5.57. The fourth-order valence-corrected chi connectivity index (χ4v) is 2.34. The van der Waals surface area contributed by atoms with Gasteiger partial charge in [0, 0.05) is 24.0 Å². The van der Waals surface area contributed by atoms with Crippen LogP contribution in [-0.4, -0.2) is 11.0 Å². The van der Waals surface area contributed by atoms with Crippen molar-refractivity contribution >= 4 is 40.3 Å². The number of hydrogen-bond acceptors (Lipinski definition) is 2. The maximum absolute atomic E-state index is 11.1. The lowest BCUT2D eigenvalue weighted by Crippen LogP contribution is -2.19. The zero-order chi connectivity index (χ0) is 16.1. The van der Waals surface area contributed by atoms with E-state index >= 15 is 0 Å². The fraction of sp³-hybridized carbons (Fsp3) is 0.176. The number of rotatable bonds is 3. The van der Waals surface area contributed by atoms with Gasteiger partial charge in [0.25, 0.3) is 0 Å². The number of nitrogens with one attached hydrogen (secondary N) is 3. The average Bonchev–Trinajstić information content (AvgIpc) is 2.41. The molecule has 2 rings (SSSR count). The molecule has 0 atom stereocenters. The van der Waals surface area contributed by atoms with Crippen LogP contribution >= 0.6 is 12.2 Å². The smallest absolute Gasteiger partial charge is 0.221 e. The van der Waals surface area contributed by atoms with Gasteiger partial charge >= 0.3 is 0 Å². The van der Waals surface area contributed by atoms with Crippen LogP contribution in [-0.2, 0) is 4.79 Å². The molecule has 0 heterocycles. The van der Waals surface area contributed by atoms with Crippen molar-refractivity contribution < 1.29 is 4.79 Å². The van der Waals surface area contributed by atoms with E-state index in [9.17, 15) is 4.79 Å². The van der Waals surface area contributed by atoms with Crippen LogP contribution in [0.3, 0.4) is 0 Å². The molecule has 0 spiro atoms. The molecule has 5 heteroatoms. The van der Waals surface area contributed by atoms with Crippen LogP contribution in [0.25, 0.3) is 0 Å². The molecule has 114 valence electrons. The Kier molecular flexibility index (Phi) is 5.12. The lowest BCUT2D eigenvalue weighted by Gasteiger charge is -2.13. The van der Waals surface area contributed by atoms with Crippen molar-refractivity contribution in [2.24, 2.45) is 0 Å². The van der Waals surface area contributed by atoms with E-state index in [1.54, 1.807) is 0 Å². The highest BCUT2D eigenvalue weighted by Gasteiger charge is 2.03. The molecule has 3 N–H and O–H groups in total. The van der Waals surface area contributed by atoms with Gasteiger partial charge in [-0.3, -0.25) is 4.79 Å². The molecule has 4 nitrogen and oxygen atoms in total. The Hall–Kier alpha value is -2.40. The predicted molar refractivity (Wildman–Crippen MR) is 96.5 cm³/mol. The minimum atomic E-state index is -0.104. The number of carbonyl (C=O) groups is 1. The summed E-state index contributed by atoms with van der Waals surface area (Å²) in [5.41, 5.74) is 4.86. The Morgan fingerprint density at radius 3 is 2.27 bits per heavy atom. The van der Waals surface area contributed by atoms with Crippen molar-refractivity contribution in [3.05, 3.63) is 53.6 Å². The molecule has 2 aromatic carbocycles. The highest BCUT2D eigenvalue weighted by Crippen LogP contribution is 2.18. The first-order valence-electron chi connectivity index (χ1n) is 6.97. The second-order valence-electron chi connectivity index (χ2n) is 5.16. The Bertz CT molecular complexity index is 713. The molecule has 0 aliphatic carbocycles. The van der Waals surface area contributed by atoms with E-state index in [1.165, 1.54) is 12.5 Å². The number of carbonyl (C=O) groups excluding carboxylic acids is 1. The molecular formula is C17H19N3OS. The topological polar surface area (TPSA) is 53.2 Å². The summed E-state index contributed by atoms with van der Waals surface area (Å²) in [6.45, 7) is 5.57. The van der Waals surface area contributed by atoms with Gasteiger partial charge in [-0.05, 0) is 55.9 Å². The highest BCUT2D eigenvalue weighted by molar-refractivity contribution is 7.80. The van der Waals surface area contributed by atoms with Crippen LogP contribution in [0.1, 0.15) is 18.1 Å². The van der Waals surface area contributed by atoms with E-state index in [0.29, 0.717) is 5.11 Å². The molecule has 0 aliphatic heterocycles. The van der Waals surface area contributed by atoms with Gasteiger partial charge in [0.15, 0.2) is 5.11 Å². The standard InChI is InChI=1S/C17H19N3OS/c1-11-7-8-16(12(2)9-11)20-17(22)19-15-6-4-5-14(10-15)18-13(3)21/h4-10H,1-3H3,(H,18,21)(H2,19,20,22). The van der Waals surface area contributed by atoms with Gasteiger partial charge in [-0.2, -0.15) is 0 Å². The largest absolute Gasteiger partial charge is 0.332 e. The molecular weight excluding hydrogens is 294 g/mol. The average molecular weight is 313 g/mol. The van der Waals surface area contributed by atoms with Crippen molar-refractivity contribution in [2.45, 2.75) is 20.8 Å². The summed E-state index contributed by atoms with van der Waals surface area (Å²) in [5, 5.41) is 9.54. The van der Waals surface area contributed by atoms with Gasteiger partial charge in [0.2, 0.25) is 5.91 Å². The third-order valence-electron chi connectivity index (χ3n) is 3.07. The monoisotopic (exact) mass is 313 g/mol. The first-order chi connectivity index (χ1) is 10.4. The van der Waals surface area contributed by atoms with Gasteiger partial charge in [-0.1, -0.05) is 23.8 Å². The van der Waals surface area contributed by atoms with Crippen molar-refractivity contribution in [3.63, 3.8) is 0 Å². The van der Waals surface area contributed by atoms with Crippen LogP contribution in [0, 0.1) is 13.8 Å². The van der Waals surface area contributed by atoms with E-state index in [4.69, 9.17) is 12.2 Å². The van der Waals surface area contributed by atoms with Gasteiger partial charge in [-0.15, -0.1) is 0 Å². The second kappa shape index (κ2) is 7.04. The maximum Gasteiger partial charge on any atom is 0.221 e. The summed E-state index contributed by atoms with van der Waals surface area (Å²) in [5.74, 6) is -0.104. The Balaban J connectivity index is 2.04. The summed E-state index contributed by atoms with van der Waals surface area (Å²) in [4.78, 5) is 11.1. The van der Waals surface area contributed by atoms with E-state index in [-0.39, 0.29) is 5.91 Å². The Morgan fingerprint density at radius 2 is 1.64 bits per heavy atom. The molecule has 0 saturated heterocycles. The summed E-state index contributed by atoms with van der Waals surface area (Å²) in [7, 11) is 0. The molecule has 22 heavy (non-hydrogen) atoms. The van der Waals surface area contributed by atoms with Crippen molar-refractivity contribution in [1.82, 2.24) is 0 Å². The molecule has 0 saturated carbocycles. The van der Waals surface area contributed by atoms with E-state index < -0.39 is 0 Å². The van der Waals surface area contributed by atoms with Crippen LogP contribution < -0.4 is 16.0 Å². The van der Waals surface area contributed by atoms with Crippen LogP contribution in [0.4, 0.5) is 17.1 Å².